The molecule has 0 radical (unpaired) electrons. The monoisotopic (exact) mass is 409 g/mol. The van der Waals surface area contributed by atoms with E-state index < -0.39 is 0 Å². The predicted octanol–water partition coefficient (Wildman–Crippen LogP) is 2.04. The Morgan fingerprint density at radius 3 is 2.44 bits per heavy atom. The van der Waals surface area contributed by atoms with Gasteiger partial charge in [-0.05, 0) is 17.7 Å². The molecule has 5 nitrogen and oxygen atoms in total. The number of hydrogen-bond acceptors (Lipinski definition) is 5. The van der Waals surface area contributed by atoms with Crippen LogP contribution in [0, 0.1) is 0 Å². The number of thioether (sulfide) groups is 1. The van der Waals surface area contributed by atoms with E-state index in [2.05, 4.69) is 27.7 Å². The SMILES string of the molecule is COCCNCCNC(=O)c1ccc(CN2CCSCC2)cc1.Cl.Cl. The van der Waals surface area contributed by atoms with Crippen LogP contribution in [0.4, 0.5) is 0 Å². The van der Waals surface area contributed by atoms with Crippen molar-refractivity contribution in [3.8, 4) is 0 Å². The first-order valence-electron chi connectivity index (χ1n) is 8.16. The van der Waals surface area contributed by atoms with Crippen molar-refractivity contribution in [1.29, 1.82) is 0 Å². The summed E-state index contributed by atoms with van der Waals surface area (Å²) in [7, 11) is 1.68. The molecule has 1 fully saturated rings. The molecule has 0 spiro atoms. The lowest BCUT2D eigenvalue weighted by Crippen LogP contribution is -2.33. The number of amides is 1. The third-order valence-corrected chi connectivity index (χ3v) is 4.74. The molecule has 8 heteroatoms. The molecular formula is C17H29Cl2N3O2S. The van der Waals surface area contributed by atoms with E-state index in [0.717, 1.165) is 38.3 Å². The molecule has 0 aromatic heterocycles. The second-order valence-corrected chi connectivity index (χ2v) is 6.81. The molecular weight excluding hydrogens is 381 g/mol. The van der Waals surface area contributed by atoms with Crippen molar-refractivity contribution in [3.63, 3.8) is 0 Å². The Kier molecular flexibility index (Phi) is 14.4. The summed E-state index contributed by atoms with van der Waals surface area (Å²) in [5.74, 6) is 2.43. The number of methoxy groups -OCH3 is 1. The van der Waals surface area contributed by atoms with Crippen LogP contribution in [0.15, 0.2) is 24.3 Å². The second kappa shape index (κ2) is 14.6. The van der Waals surface area contributed by atoms with Crippen molar-refractivity contribution < 1.29 is 9.53 Å². The molecule has 144 valence electrons. The number of carbonyl (C=O) groups is 1. The van der Waals surface area contributed by atoms with Gasteiger partial charge in [0, 0.05) is 63.4 Å². The van der Waals surface area contributed by atoms with Gasteiger partial charge in [-0.15, -0.1) is 24.8 Å². The van der Waals surface area contributed by atoms with E-state index in [1.807, 2.05) is 23.9 Å². The number of halogens is 2. The largest absolute Gasteiger partial charge is 0.383 e. The molecule has 2 rings (SSSR count). The summed E-state index contributed by atoms with van der Waals surface area (Å²) in [6, 6.07) is 7.96. The van der Waals surface area contributed by atoms with Gasteiger partial charge in [0.1, 0.15) is 0 Å². The van der Waals surface area contributed by atoms with E-state index in [0.29, 0.717) is 13.2 Å². The van der Waals surface area contributed by atoms with Gasteiger partial charge in [-0.2, -0.15) is 11.8 Å². The van der Waals surface area contributed by atoms with Crippen LogP contribution in [0.1, 0.15) is 15.9 Å². The zero-order valence-electron chi connectivity index (χ0n) is 14.7. The first-order valence-corrected chi connectivity index (χ1v) is 9.32. The summed E-state index contributed by atoms with van der Waals surface area (Å²) in [6.07, 6.45) is 0. The Balaban J connectivity index is 0.00000288. The summed E-state index contributed by atoms with van der Waals surface area (Å²) >= 11 is 2.02. The highest BCUT2D eigenvalue weighted by atomic mass is 35.5. The maximum Gasteiger partial charge on any atom is 0.251 e. The summed E-state index contributed by atoms with van der Waals surface area (Å²) < 4.78 is 4.95. The Morgan fingerprint density at radius 1 is 1.12 bits per heavy atom. The fourth-order valence-electron chi connectivity index (χ4n) is 2.44. The van der Waals surface area contributed by atoms with Crippen LogP contribution in [0.5, 0.6) is 0 Å². The number of nitrogens with zero attached hydrogens (tertiary/aromatic N) is 1. The van der Waals surface area contributed by atoms with Gasteiger partial charge in [-0.3, -0.25) is 9.69 Å². The van der Waals surface area contributed by atoms with Gasteiger partial charge in [0.15, 0.2) is 0 Å². The molecule has 1 aliphatic rings. The van der Waals surface area contributed by atoms with Crippen molar-refractivity contribution in [2.24, 2.45) is 0 Å². The minimum absolute atomic E-state index is 0. The van der Waals surface area contributed by atoms with Gasteiger partial charge in [0.2, 0.25) is 0 Å². The van der Waals surface area contributed by atoms with Crippen LogP contribution in [0.25, 0.3) is 0 Å². The maximum absolute atomic E-state index is 12.1. The molecule has 0 saturated carbocycles. The maximum atomic E-state index is 12.1. The highest BCUT2D eigenvalue weighted by molar-refractivity contribution is 7.99. The third-order valence-electron chi connectivity index (χ3n) is 3.80. The highest BCUT2D eigenvalue weighted by Crippen LogP contribution is 2.13. The number of hydrogen-bond donors (Lipinski definition) is 2. The van der Waals surface area contributed by atoms with Gasteiger partial charge >= 0.3 is 0 Å². The first-order chi connectivity index (χ1) is 11.3. The lowest BCUT2D eigenvalue weighted by atomic mass is 10.1. The summed E-state index contributed by atoms with van der Waals surface area (Å²) in [6.45, 7) is 6.15. The normalized spacial score (nSPS) is 14.3. The van der Waals surface area contributed by atoms with E-state index in [-0.39, 0.29) is 30.7 Å². The molecule has 25 heavy (non-hydrogen) atoms. The first kappa shape index (κ1) is 24.5. The van der Waals surface area contributed by atoms with Crippen molar-refractivity contribution >= 4 is 42.5 Å². The molecule has 1 aromatic carbocycles. The minimum atomic E-state index is -0.0144. The molecule has 0 unspecified atom stereocenters. The number of benzene rings is 1. The topological polar surface area (TPSA) is 53.6 Å². The van der Waals surface area contributed by atoms with Crippen LogP contribution >= 0.6 is 36.6 Å². The number of rotatable bonds is 9. The van der Waals surface area contributed by atoms with Gasteiger partial charge in [0.25, 0.3) is 5.91 Å². The second-order valence-electron chi connectivity index (χ2n) is 5.58. The molecule has 2 N–H and O–H groups in total. The van der Waals surface area contributed by atoms with E-state index in [9.17, 15) is 4.79 Å². The van der Waals surface area contributed by atoms with Gasteiger partial charge in [-0.25, -0.2) is 0 Å². The van der Waals surface area contributed by atoms with Crippen LogP contribution in [0.3, 0.4) is 0 Å². The lowest BCUT2D eigenvalue weighted by Gasteiger charge is -2.26. The van der Waals surface area contributed by atoms with Crippen LogP contribution in [-0.4, -0.2) is 68.8 Å². The summed E-state index contributed by atoms with van der Waals surface area (Å²) in [5, 5.41) is 6.12. The minimum Gasteiger partial charge on any atom is -0.383 e. The van der Waals surface area contributed by atoms with E-state index in [1.54, 1.807) is 7.11 Å². The van der Waals surface area contributed by atoms with Gasteiger partial charge in [-0.1, -0.05) is 12.1 Å². The van der Waals surface area contributed by atoms with Gasteiger partial charge < -0.3 is 15.4 Å². The Bertz CT molecular complexity index is 471. The van der Waals surface area contributed by atoms with Crippen molar-refractivity contribution in [1.82, 2.24) is 15.5 Å². The third kappa shape index (κ3) is 9.68. The fraction of sp³-hybridized carbons (Fsp3) is 0.588. The summed E-state index contributed by atoms with van der Waals surface area (Å²) in [5.41, 5.74) is 1.99. The number of nitrogens with one attached hydrogen (secondary N) is 2. The van der Waals surface area contributed by atoms with E-state index in [1.165, 1.54) is 17.1 Å². The van der Waals surface area contributed by atoms with Crippen LogP contribution in [0.2, 0.25) is 0 Å². The predicted molar refractivity (Wildman–Crippen MR) is 111 cm³/mol. The van der Waals surface area contributed by atoms with Crippen molar-refractivity contribution in [3.05, 3.63) is 35.4 Å². The highest BCUT2D eigenvalue weighted by Gasteiger charge is 2.11. The average Bonchev–Trinajstić information content (AvgIpc) is 2.59. The van der Waals surface area contributed by atoms with Crippen LogP contribution in [-0.2, 0) is 11.3 Å². The molecule has 0 atom stereocenters. The molecule has 1 heterocycles. The standard InChI is InChI=1S/C17H27N3O2S.2ClH/c1-22-11-8-18-6-7-19-17(21)16-4-2-15(3-5-16)14-20-9-12-23-13-10-20;;/h2-5,18H,6-14H2,1H3,(H,19,21);2*1H. The fourth-order valence-corrected chi connectivity index (χ4v) is 3.42. The molecule has 1 aromatic rings. The van der Waals surface area contributed by atoms with Crippen LogP contribution < -0.4 is 10.6 Å². The molecule has 0 bridgehead atoms. The quantitative estimate of drug-likeness (QED) is 0.611. The zero-order valence-corrected chi connectivity index (χ0v) is 17.1. The number of ether oxygens (including phenoxy) is 1. The zero-order chi connectivity index (χ0) is 16.3. The van der Waals surface area contributed by atoms with Crippen molar-refractivity contribution in [2.45, 2.75) is 6.54 Å². The Morgan fingerprint density at radius 2 is 1.80 bits per heavy atom. The van der Waals surface area contributed by atoms with Gasteiger partial charge in [0.05, 0.1) is 6.61 Å². The lowest BCUT2D eigenvalue weighted by molar-refractivity contribution is 0.0953. The molecule has 0 aliphatic carbocycles. The van der Waals surface area contributed by atoms with E-state index in [4.69, 9.17) is 4.74 Å². The van der Waals surface area contributed by atoms with Crippen molar-refractivity contribution in [2.75, 3.05) is 57.9 Å². The number of carbonyl (C=O) groups excluding carboxylic acids is 1. The Labute approximate surface area is 167 Å². The summed E-state index contributed by atoms with van der Waals surface area (Å²) in [4.78, 5) is 14.5. The molecule has 1 saturated heterocycles. The smallest absolute Gasteiger partial charge is 0.251 e. The average molecular weight is 410 g/mol. The van der Waals surface area contributed by atoms with E-state index >= 15 is 0 Å². The molecule has 1 amide bonds. The Hall–Kier alpha value is -0.500. The molecule has 1 aliphatic heterocycles.